The first-order valence-electron chi connectivity index (χ1n) is 30.6. The number of thiophene rings is 1. The average Bonchev–Trinajstić information content (AvgIpc) is 1.61. The van der Waals surface area contributed by atoms with E-state index in [2.05, 4.69) is 293 Å². The number of hydrogen-bond acceptors (Lipinski definition) is 4. The van der Waals surface area contributed by atoms with E-state index in [0.29, 0.717) is 0 Å². The second kappa shape index (κ2) is 17.4. The molecule has 0 spiro atoms. The first kappa shape index (κ1) is 52.3. The molecule has 0 saturated heterocycles. The number of anilines is 5. The molecule has 10 aromatic carbocycles. The Morgan fingerprint density at radius 1 is 0.459 bits per heavy atom. The van der Waals surface area contributed by atoms with Crippen LogP contribution in [0.5, 0.6) is 0 Å². The Morgan fingerprint density at radius 3 is 1.71 bits per heavy atom. The Labute approximate surface area is 504 Å². The Hall–Kier alpha value is -8.32. The molecule has 0 unspecified atom stereocenters. The highest BCUT2D eigenvalue weighted by atomic mass is 32.1. The number of aromatic nitrogens is 1. The number of hydrogen-bond donors (Lipinski definition) is 0. The van der Waals surface area contributed by atoms with Gasteiger partial charge in [-0.25, -0.2) is 0 Å². The van der Waals surface area contributed by atoms with Gasteiger partial charge in [0.1, 0.15) is 11.2 Å². The molecule has 0 atom stereocenters. The van der Waals surface area contributed by atoms with Crippen molar-refractivity contribution >= 4 is 121 Å². The van der Waals surface area contributed by atoms with Crippen LogP contribution >= 0.6 is 11.3 Å². The normalized spacial score (nSPS) is 14.5. The Bertz CT molecular complexity index is 4940. The molecule has 0 fully saturated rings. The van der Waals surface area contributed by atoms with Crippen molar-refractivity contribution in [3.8, 4) is 27.9 Å². The van der Waals surface area contributed by atoms with Gasteiger partial charge < -0.3 is 18.7 Å². The molecule has 2 aliphatic heterocycles. The summed E-state index contributed by atoms with van der Waals surface area (Å²) in [6.45, 7) is 32.4. The van der Waals surface area contributed by atoms with Crippen molar-refractivity contribution in [2.75, 3.05) is 9.71 Å². The molecule has 13 aromatic rings. The maximum atomic E-state index is 7.44. The number of nitrogens with zero attached hydrogens (tertiary/aromatic N) is 3. The van der Waals surface area contributed by atoms with Gasteiger partial charge in [0.15, 0.2) is 0 Å². The summed E-state index contributed by atoms with van der Waals surface area (Å²) in [7, 11) is 0. The summed E-state index contributed by atoms with van der Waals surface area (Å²) in [5.74, 6) is 0. The third-order valence-electron chi connectivity index (χ3n) is 19.6. The fourth-order valence-corrected chi connectivity index (χ4v) is 16.0. The molecule has 418 valence electrons. The Morgan fingerprint density at radius 2 is 1.05 bits per heavy atom. The van der Waals surface area contributed by atoms with Crippen molar-refractivity contribution < 1.29 is 4.42 Å². The predicted octanol–water partition coefficient (Wildman–Crippen LogP) is 21.3. The molecular formula is C79H72BN3OS. The van der Waals surface area contributed by atoms with Crippen LogP contribution in [0, 0.1) is 0 Å². The summed E-state index contributed by atoms with van der Waals surface area (Å²) >= 11 is 1.90. The SMILES string of the molecule is CC(C)(C)c1ccc(N2B3c4cc5c(cc4-n4c6ccc(C(C)(C)C)cc6c6c7oc8ccccc8c7c(c3c64)-c3cc4c(cc32)sc2ccc(N(c3ccc(C(C)(C)C)cc3)c3ccc(C(C)(C)C)cc3)cc24)-c2ccccc2C5(C)C)cc1. The Balaban J connectivity index is 1.03. The summed E-state index contributed by atoms with van der Waals surface area (Å²) in [5, 5.41) is 7.25. The lowest BCUT2D eigenvalue weighted by Gasteiger charge is -2.42. The van der Waals surface area contributed by atoms with E-state index < -0.39 is 0 Å². The lowest BCUT2D eigenvalue weighted by Crippen LogP contribution is -2.60. The van der Waals surface area contributed by atoms with E-state index in [1.807, 2.05) is 11.3 Å². The van der Waals surface area contributed by atoms with E-state index in [1.54, 1.807) is 0 Å². The molecule has 0 N–H and O–H groups in total. The van der Waals surface area contributed by atoms with Crippen LogP contribution in [-0.2, 0) is 27.1 Å². The van der Waals surface area contributed by atoms with Gasteiger partial charge >= 0.3 is 6.85 Å². The molecular weight excluding hydrogens is 1050 g/mol. The van der Waals surface area contributed by atoms with Gasteiger partial charge in [-0.05, 0) is 174 Å². The third-order valence-corrected chi connectivity index (χ3v) is 20.7. The van der Waals surface area contributed by atoms with Gasteiger partial charge in [0, 0.05) is 81.4 Å². The first-order chi connectivity index (χ1) is 40.4. The van der Waals surface area contributed by atoms with Crippen molar-refractivity contribution in [2.45, 2.75) is 124 Å². The molecule has 0 radical (unpaired) electrons. The van der Waals surface area contributed by atoms with Gasteiger partial charge in [-0.3, -0.25) is 0 Å². The summed E-state index contributed by atoms with van der Waals surface area (Å²) in [5.41, 5.74) is 26.9. The van der Waals surface area contributed by atoms with Crippen LogP contribution in [0.3, 0.4) is 0 Å². The molecule has 3 aromatic heterocycles. The average molecular weight is 1120 g/mol. The zero-order valence-electron chi connectivity index (χ0n) is 51.6. The molecule has 16 rings (SSSR count). The zero-order valence-corrected chi connectivity index (χ0v) is 52.4. The zero-order chi connectivity index (χ0) is 58.8. The highest BCUT2D eigenvalue weighted by Crippen LogP contribution is 2.56. The van der Waals surface area contributed by atoms with Gasteiger partial charge in [0.05, 0.1) is 16.4 Å². The standard InChI is InChI=1S/C79H72BN3OS/c1-75(2,3)45-23-30-49(31-24-45)81(50-32-25-46(26-33-50)76(4,5)6)52-36-38-67-56(40-52)57-41-59-64(44-68(57)85-67)83(51-34-27-47(28-35-51)77(7,8)9)80-62-43-61-55(53-19-15-17-21-60(53)79(61,13)14)42-65(62)82-63-37-29-48(78(10,11)12)39-58(63)71-73(82)72(80)69(59)70-54-20-16-18-22-66(54)84-74(70)71/h15-44H,1-14H3. The van der Waals surface area contributed by atoms with Crippen molar-refractivity contribution in [3.63, 3.8) is 0 Å². The van der Waals surface area contributed by atoms with E-state index >= 15 is 0 Å². The number of rotatable bonds is 4. The smallest absolute Gasteiger partial charge is 0.333 e. The molecule has 0 saturated carbocycles. The largest absolute Gasteiger partial charge is 0.455 e. The van der Waals surface area contributed by atoms with E-state index in [1.165, 1.54) is 131 Å². The molecule has 0 amide bonds. The van der Waals surface area contributed by atoms with Crippen molar-refractivity contribution in [1.82, 2.24) is 4.57 Å². The summed E-state index contributed by atoms with van der Waals surface area (Å²) < 4.78 is 12.6. The molecule has 4 nitrogen and oxygen atoms in total. The lowest BCUT2D eigenvalue weighted by atomic mass is 9.43. The summed E-state index contributed by atoms with van der Waals surface area (Å²) in [6.07, 6.45) is 0. The fourth-order valence-electron chi connectivity index (χ4n) is 14.9. The van der Waals surface area contributed by atoms with E-state index in [9.17, 15) is 0 Å². The second-order valence-corrected chi connectivity index (χ2v) is 30.5. The quantitative estimate of drug-likeness (QED) is 0.164. The fraction of sp³-hybridized carbons (Fsp3) is 0.241. The number of furan rings is 1. The number of benzene rings is 10. The van der Waals surface area contributed by atoms with Crippen molar-refractivity contribution in [3.05, 3.63) is 215 Å². The van der Waals surface area contributed by atoms with Gasteiger partial charge in [-0.2, -0.15) is 0 Å². The molecule has 1 aliphatic carbocycles. The highest BCUT2D eigenvalue weighted by molar-refractivity contribution is 7.26. The van der Waals surface area contributed by atoms with Gasteiger partial charge in [0.2, 0.25) is 0 Å². The molecule has 85 heavy (non-hydrogen) atoms. The van der Waals surface area contributed by atoms with Crippen molar-refractivity contribution in [2.24, 2.45) is 0 Å². The minimum Gasteiger partial charge on any atom is -0.455 e. The third kappa shape index (κ3) is 7.52. The molecule has 5 heterocycles. The van der Waals surface area contributed by atoms with E-state index in [4.69, 9.17) is 4.42 Å². The number of fused-ring (bicyclic) bond motifs is 19. The maximum Gasteiger partial charge on any atom is 0.333 e. The van der Waals surface area contributed by atoms with Gasteiger partial charge in [0.25, 0.3) is 0 Å². The highest BCUT2D eigenvalue weighted by Gasteiger charge is 2.48. The minimum atomic E-state index is -0.209. The monoisotopic (exact) mass is 1120 g/mol. The van der Waals surface area contributed by atoms with Crippen molar-refractivity contribution in [1.29, 1.82) is 0 Å². The first-order valence-corrected chi connectivity index (χ1v) is 31.4. The topological polar surface area (TPSA) is 24.6 Å². The van der Waals surface area contributed by atoms with Gasteiger partial charge in [-0.15, -0.1) is 11.3 Å². The lowest BCUT2D eigenvalue weighted by molar-refractivity contribution is 0.590. The Kier molecular flexibility index (Phi) is 10.7. The maximum absolute atomic E-state index is 7.44. The summed E-state index contributed by atoms with van der Waals surface area (Å²) in [6, 6.07) is 70.7. The van der Waals surface area contributed by atoms with Crippen LogP contribution in [0.2, 0.25) is 0 Å². The van der Waals surface area contributed by atoms with Crippen LogP contribution in [0.4, 0.5) is 28.4 Å². The molecule has 0 bridgehead atoms. The molecule has 3 aliphatic rings. The summed E-state index contributed by atoms with van der Waals surface area (Å²) in [4.78, 5) is 5.18. The second-order valence-electron chi connectivity index (χ2n) is 29.4. The molecule has 6 heteroatoms. The van der Waals surface area contributed by atoms with Crippen LogP contribution < -0.4 is 20.6 Å². The number of para-hydroxylation sites is 1. The van der Waals surface area contributed by atoms with E-state index in [-0.39, 0.29) is 33.9 Å². The van der Waals surface area contributed by atoms with Crippen LogP contribution in [0.1, 0.15) is 130 Å². The van der Waals surface area contributed by atoms with Crippen LogP contribution in [-0.4, -0.2) is 11.4 Å². The van der Waals surface area contributed by atoms with E-state index in [0.717, 1.165) is 33.6 Å². The van der Waals surface area contributed by atoms with Gasteiger partial charge in [-0.1, -0.05) is 188 Å². The minimum absolute atomic E-state index is 0.0140. The predicted molar refractivity (Wildman–Crippen MR) is 367 cm³/mol. The van der Waals surface area contributed by atoms with Crippen LogP contribution in [0.15, 0.2) is 186 Å². The van der Waals surface area contributed by atoms with Crippen LogP contribution in [0.25, 0.3) is 91.9 Å².